The fraction of sp³-hybridized carbons (Fsp3) is 0.143. The second kappa shape index (κ2) is 5.72. The van der Waals surface area contributed by atoms with Gasteiger partial charge in [-0.05, 0) is 36.2 Å². The summed E-state index contributed by atoms with van der Waals surface area (Å²) >= 11 is 5.86. The molecule has 0 aromatic heterocycles. The molecule has 0 radical (unpaired) electrons. The van der Waals surface area contributed by atoms with E-state index in [-0.39, 0.29) is 10.8 Å². The molecule has 0 saturated heterocycles. The first-order valence-electron chi connectivity index (χ1n) is 5.66. The highest BCUT2D eigenvalue weighted by molar-refractivity contribution is 7.84. The van der Waals surface area contributed by atoms with Crippen LogP contribution in [-0.4, -0.2) is 4.21 Å². The van der Waals surface area contributed by atoms with Crippen LogP contribution < -0.4 is 5.73 Å². The van der Waals surface area contributed by atoms with Gasteiger partial charge in [0, 0.05) is 5.69 Å². The largest absolute Gasteiger partial charge is 0.398 e. The Balaban J connectivity index is 2.31. The van der Waals surface area contributed by atoms with Gasteiger partial charge in [-0.2, -0.15) is 0 Å². The van der Waals surface area contributed by atoms with Gasteiger partial charge in [0.25, 0.3) is 0 Å². The maximum absolute atomic E-state index is 13.3. The van der Waals surface area contributed by atoms with Gasteiger partial charge in [-0.3, -0.25) is 4.21 Å². The van der Waals surface area contributed by atoms with Crippen molar-refractivity contribution in [3.8, 4) is 0 Å². The highest BCUT2D eigenvalue weighted by Gasteiger charge is 2.13. The van der Waals surface area contributed by atoms with Gasteiger partial charge in [-0.1, -0.05) is 29.8 Å². The minimum atomic E-state index is -1.35. The number of aryl methyl sites for hydroxylation is 1. The van der Waals surface area contributed by atoms with Crippen molar-refractivity contribution in [2.75, 3.05) is 5.73 Å². The van der Waals surface area contributed by atoms with E-state index in [2.05, 4.69) is 0 Å². The van der Waals surface area contributed by atoms with Crippen molar-refractivity contribution in [1.82, 2.24) is 0 Å². The van der Waals surface area contributed by atoms with E-state index >= 15 is 0 Å². The van der Waals surface area contributed by atoms with Crippen LogP contribution in [0.25, 0.3) is 0 Å². The van der Waals surface area contributed by atoms with E-state index in [1.807, 2.05) is 13.0 Å². The summed E-state index contributed by atoms with van der Waals surface area (Å²) in [5.74, 6) is -0.363. The quantitative estimate of drug-likeness (QED) is 0.878. The SMILES string of the molecule is Cc1ccc(N)c(S(=O)Cc2cccc(F)c2Cl)c1. The molecule has 0 amide bonds. The van der Waals surface area contributed by atoms with Gasteiger partial charge in [-0.15, -0.1) is 0 Å². The Labute approximate surface area is 118 Å². The molecule has 0 aliphatic carbocycles. The number of halogens is 2. The van der Waals surface area contributed by atoms with Gasteiger partial charge in [0.2, 0.25) is 0 Å². The van der Waals surface area contributed by atoms with Crippen molar-refractivity contribution >= 4 is 28.1 Å². The van der Waals surface area contributed by atoms with Crippen molar-refractivity contribution in [1.29, 1.82) is 0 Å². The van der Waals surface area contributed by atoms with E-state index in [9.17, 15) is 8.60 Å². The van der Waals surface area contributed by atoms with Gasteiger partial charge in [0.1, 0.15) is 5.82 Å². The Kier molecular flexibility index (Phi) is 4.22. The van der Waals surface area contributed by atoms with Crippen LogP contribution in [0.1, 0.15) is 11.1 Å². The summed E-state index contributed by atoms with van der Waals surface area (Å²) in [5.41, 5.74) is 7.77. The van der Waals surface area contributed by atoms with Crippen molar-refractivity contribution in [3.05, 3.63) is 58.4 Å². The molecule has 0 heterocycles. The number of hydrogen-bond acceptors (Lipinski definition) is 2. The van der Waals surface area contributed by atoms with Crippen LogP contribution >= 0.6 is 11.6 Å². The highest BCUT2D eigenvalue weighted by atomic mass is 35.5. The van der Waals surface area contributed by atoms with Crippen molar-refractivity contribution in [2.45, 2.75) is 17.6 Å². The molecule has 0 fully saturated rings. The van der Waals surface area contributed by atoms with Crippen molar-refractivity contribution in [3.63, 3.8) is 0 Å². The Morgan fingerprint density at radius 3 is 2.79 bits per heavy atom. The zero-order valence-corrected chi connectivity index (χ0v) is 11.9. The topological polar surface area (TPSA) is 43.1 Å². The van der Waals surface area contributed by atoms with E-state index in [4.69, 9.17) is 17.3 Å². The number of nitrogen functional groups attached to an aromatic ring is 1. The Morgan fingerprint density at radius 2 is 2.05 bits per heavy atom. The van der Waals surface area contributed by atoms with E-state index in [0.717, 1.165) is 5.56 Å². The summed E-state index contributed by atoms with van der Waals surface area (Å²) in [7, 11) is -1.35. The molecule has 2 aromatic carbocycles. The molecule has 2 N–H and O–H groups in total. The van der Waals surface area contributed by atoms with Crippen molar-refractivity contribution < 1.29 is 8.60 Å². The Hall–Kier alpha value is -1.39. The molecular weight excluding hydrogens is 285 g/mol. The van der Waals surface area contributed by atoms with E-state index in [1.54, 1.807) is 24.3 Å². The Bertz CT molecular complexity index is 645. The van der Waals surface area contributed by atoms with E-state index in [1.165, 1.54) is 6.07 Å². The average Bonchev–Trinajstić information content (AvgIpc) is 2.38. The predicted molar refractivity (Wildman–Crippen MR) is 77.1 cm³/mol. The van der Waals surface area contributed by atoms with Crippen LogP contribution in [0, 0.1) is 12.7 Å². The first-order chi connectivity index (χ1) is 8.99. The third-order valence-electron chi connectivity index (χ3n) is 2.73. The van der Waals surface area contributed by atoms with Crippen LogP contribution in [0.3, 0.4) is 0 Å². The molecule has 0 aliphatic heterocycles. The summed E-state index contributed by atoms with van der Waals surface area (Å²) < 4.78 is 25.6. The summed E-state index contributed by atoms with van der Waals surface area (Å²) in [6.45, 7) is 1.90. The Morgan fingerprint density at radius 1 is 1.32 bits per heavy atom. The molecule has 0 saturated carbocycles. The maximum Gasteiger partial charge on any atom is 0.142 e. The molecule has 5 heteroatoms. The average molecular weight is 298 g/mol. The minimum Gasteiger partial charge on any atom is -0.398 e. The fourth-order valence-corrected chi connectivity index (χ4v) is 3.32. The summed E-state index contributed by atoms with van der Waals surface area (Å²) in [4.78, 5) is 0.556. The third-order valence-corrected chi connectivity index (χ3v) is 4.57. The number of rotatable bonds is 3. The van der Waals surface area contributed by atoms with Gasteiger partial charge >= 0.3 is 0 Å². The normalized spacial score (nSPS) is 12.4. The first kappa shape index (κ1) is 14.0. The fourth-order valence-electron chi connectivity index (χ4n) is 1.72. The van der Waals surface area contributed by atoms with Crippen LogP contribution in [0.15, 0.2) is 41.3 Å². The minimum absolute atomic E-state index is 0.0158. The van der Waals surface area contributed by atoms with E-state index < -0.39 is 16.6 Å². The monoisotopic (exact) mass is 297 g/mol. The number of hydrogen-bond donors (Lipinski definition) is 1. The molecule has 0 bridgehead atoms. The second-order valence-electron chi connectivity index (χ2n) is 4.24. The predicted octanol–water partition coefficient (Wildman–Crippen LogP) is 3.68. The highest BCUT2D eigenvalue weighted by Crippen LogP contribution is 2.25. The molecule has 2 aromatic rings. The lowest BCUT2D eigenvalue weighted by Gasteiger charge is -2.08. The van der Waals surface area contributed by atoms with Crippen LogP contribution in [-0.2, 0) is 16.6 Å². The standard InChI is InChI=1S/C14H13ClFNOS/c1-9-5-6-12(17)13(7-9)19(18)8-10-3-2-4-11(16)14(10)15/h2-7H,8,17H2,1H3. The number of nitrogens with two attached hydrogens (primary N) is 1. The van der Waals surface area contributed by atoms with Crippen LogP contribution in [0.4, 0.5) is 10.1 Å². The first-order valence-corrected chi connectivity index (χ1v) is 7.36. The molecule has 0 spiro atoms. The van der Waals surface area contributed by atoms with Gasteiger partial charge in [0.15, 0.2) is 0 Å². The smallest absolute Gasteiger partial charge is 0.142 e. The second-order valence-corrected chi connectivity index (χ2v) is 6.04. The molecule has 2 nitrogen and oxygen atoms in total. The zero-order valence-electron chi connectivity index (χ0n) is 10.3. The maximum atomic E-state index is 13.3. The molecular formula is C14H13ClFNOS. The zero-order chi connectivity index (χ0) is 14.0. The van der Waals surface area contributed by atoms with Crippen molar-refractivity contribution in [2.24, 2.45) is 0 Å². The molecule has 0 aliphatic rings. The van der Waals surface area contributed by atoms with E-state index in [0.29, 0.717) is 16.1 Å². The molecule has 2 rings (SSSR count). The molecule has 1 atom stereocenters. The lowest BCUT2D eigenvalue weighted by atomic mass is 10.2. The molecule has 1 unspecified atom stereocenters. The van der Waals surface area contributed by atoms with Crippen LogP contribution in [0.5, 0.6) is 0 Å². The number of benzene rings is 2. The lowest BCUT2D eigenvalue weighted by Crippen LogP contribution is -2.02. The molecule has 19 heavy (non-hydrogen) atoms. The van der Waals surface area contributed by atoms with Gasteiger partial charge < -0.3 is 5.73 Å². The van der Waals surface area contributed by atoms with Gasteiger partial charge in [-0.25, -0.2) is 4.39 Å². The molecule has 100 valence electrons. The summed E-state index contributed by atoms with van der Waals surface area (Å²) in [6.07, 6.45) is 0. The lowest BCUT2D eigenvalue weighted by molar-refractivity contribution is 0.626. The third kappa shape index (κ3) is 3.14. The number of anilines is 1. The summed E-state index contributed by atoms with van der Waals surface area (Å²) in [5, 5.41) is 0.0158. The van der Waals surface area contributed by atoms with Crippen LogP contribution in [0.2, 0.25) is 5.02 Å². The van der Waals surface area contributed by atoms with Gasteiger partial charge in [0.05, 0.1) is 26.5 Å². The summed E-state index contributed by atoms with van der Waals surface area (Å²) in [6, 6.07) is 9.83.